The Bertz CT molecular complexity index is 817. The fraction of sp³-hybridized carbons (Fsp3) is 0.381. The molecule has 0 aliphatic carbocycles. The number of ether oxygens (including phenoxy) is 3. The maximum absolute atomic E-state index is 12.9. The fourth-order valence-corrected chi connectivity index (χ4v) is 4.49. The standard InChI is InChI=1S/C21H25NO4S/c1-5-16-15-9-11-27-19(15)8-10-22(16)20(23)7-6-14-12-17(24-2)21(26-4)18(13-14)25-3/h6-7,9,11-13,16H,5,8,10H2,1-4H3. The van der Waals surface area contributed by atoms with Crippen LogP contribution in [0.4, 0.5) is 0 Å². The lowest BCUT2D eigenvalue weighted by molar-refractivity contribution is -0.128. The first-order valence-corrected chi connectivity index (χ1v) is 9.85. The van der Waals surface area contributed by atoms with Crippen molar-refractivity contribution in [3.05, 3.63) is 45.7 Å². The van der Waals surface area contributed by atoms with Crippen LogP contribution in [0, 0.1) is 0 Å². The molecule has 144 valence electrons. The minimum absolute atomic E-state index is 0.0208. The third-order valence-corrected chi connectivity index (χ3v) is 5.87. The van der Waals surface area contributed by atoms with Crippen molar-refractivity contribution in [1.29, 1.82) is 0 Å². The first kappa shape index (κ1) is 19.3. The van der Waals surface area contributed by atoms with Gasteiger partial charge in [-0.25, -0.2) is 0 Å². The van der Waals surface area contributed by atoms with Gasteiger partial charge in [0.05, 0.1) is 27.4 Å². The largest absolute Gasteiger partial charge is 0.493 e. The van der Waals surface area contributed by atoms with E-state index < -0.39 is 0 Å². The molecule has 1 amide bonds. The van der Waals surface area contributed by atoms with Crippen LogP contribution in [-0.2, 0) is 11.2 Å². The third-order valence-electron chi connectivity index (χ3n) is 4.87. The summed E-state index contributed by atoms with van der Waals surface area (Å²) in [7, 11) is 4.72. The van der Waals surface area contributed by atoms with Gasteiger partial charge in [0.1, 0.15) is 0 Å². The Morgan fingerprint density at radius 1 is 1.22 bits per heavy atom. The number of carbonyl (C=O) groups is 1. The quantitative estimate of drug-likeness (QED) is 0.693. The average Bonchev–Trinajstić information content (AvgIpc) is 3.19. The lowest BCUT2D eigenvalue weighted by Crippen LogP contribution is -2.38. The highest BCUT2D eigenvalue weighted by atomic mass is 32.1. The lowest BCUT2D eigenvalue weighted by Gasteiger charge is -2.34. The molecule has 3 rings (SSSR count). The molecule has 5 nitrogen and oxygen atoms in total. The van der Waals surface area contributed by atoms with Crippen molar-refractivity contribution in [2.75, 3.05) is 27.9 Å². The van der Waals surface area contributed by atoms with E-state index in [-0.39, 0.29) is 11.9 Å². The molecule has 0 N–H and O–H groups in total. The molecule has 1 unspecified atom stereocenters. The van der Waals surface area contributed by atoms with Gasteiger partial charge in [0.25, 0.3) is 0 Å². The van der Waals surface area contributed by atoms with Crippen molar-refractivity contribution in [1.82, 2.24) is 4.90 Å². The molecule has 1 aromatic carbocycles. The SMILES string of the molecule is CCC1c2ccsc2CCN1C(=O)C=Cc1cc(OC)c(OC)c(OC)c1. The van der Waals surface area contributed by atoms with Crippen molar-refractivity contribution < 1.29 is 19.0 Å². The van der Waals surface area contributed by atoms with Crippen LogP contribution in [0.25, 0.3) is 6.08 Å². The number of fused-ring (bicyclic) bond motifs is 1. The molecule has 2 aromatic rings. The van der Waals surface area contributed by atoms with E-state index in [1.165, 1.54) is 10.4 Å². The fourth-order valence-electron chi connectivity index (χ4n) is 3.56. The van der Waals surface area contributed by atoms with Crippen LogP contribution in [0.1, 0.15) is 35.4 Å². The summed E-state index contributed by atoms with van der Waals surface area (Å²) in [5, 5.41) is 2.12. The van der Waals surface area contributed by atoms with Crippen LogP contribution in [0.5, 0.6) is 17.2 Å². The van der Waals surface area contributed by atoms with Gasteiger partial charge < -0.3 is 19.1 Å². The number of benzene rings is 1. The predicted octanol–water partition coefficient (Wildman–Crippen LogP) is 4.32. The summed E-state index contributed by atoms with van der Waals surface area (Å²) in [6.45, 7) is 2.88. The molecule has 1 aliphatic rings. The molecule has 2 heterocycles. The zero-order valence-electron chi connectivity index (χ0n) is 16.2. The van der Waals surface area contributed by atoms with E-state index in [4.69, 9.17) is 14.2 Å². The van der Waals surface area contributed by atoms with Gasteiger partial charge in [0.15, 0.2) is 11.5 Å². The van der Waals surface area contributed by atoms with Gasteiger partial charge in [-0.2, -0.15) is 0 Å². The highest BCUT2D eigenvalue weighted by Crippen LogP contribution is 2.39. The smallest absolute Gasteiger partial charge is 0.247 e. The molecule has 0 spiro atoms. The summed E-state index contributed by atoms with van der Waals surface area (Å²) < 4.78 is 16.1. The summed E-state index contributed by atoms with van der Waals surface area (Å²) in [5.41, 5.74) is 2.11. The highest BCUT2D eigenvalue weighted by molar-refractivity contribution is 7.10. The van der Waals surface area contributed by atoms with Crippen molar-refractivity contribution in [3.8, 4) is 17.2 Å². The third kappa shape index (κ3) is 3.81. The van der Waals surface area contributed by atoms with Crippen molar-refractivity contribution in [2.45, 2.75) is 25.8 Å². The lowest BCUT2D eigenvalue weighted by atomic mass is 9.97. The number of carbonyl (C=O) groups excluding carboxylic acids is 1. The number of rotatable bonds is 6. The minimum atomic E-state index is 0.0208. The Hall–Kier alpha value is -2.47. The summed E-state index contributed by atoms with van der Waals surface area (Å²) in [4.78, 5) is 16.2. The zero-order valence-corrected chi connectivity index (χ0v) is 17.0. The Morgan fingerprint density at radius 2 is 1.93 bits per heavy atom. The van der Waals surface area contributed by atoms with Crippen molar-refractivity contribution in [3.63, 3.8) is 0 Å². The van der Waals surface area contributed by atoms with Gasteiger partial charge in [-0.15, -0.1) is 11.3 Å². The number of amides is 1. The summed E-state index contributed by atoms with van der Waals surface area (Å²) in [6, 6.07) is 5.96. The molecule has 0 saturated carbocycles. The second-order valence-electron chi connectivity index (χ2n) is 6.30. The van der Waals surface area contributed by atoms with E-state index in [9.17, 15) is 4.79 Å². The van der Waals surface area contributed by atoms with E-state index in [1.54, 1.807) is 44.8 Å². The maximum Gasteiger partial charge on any atom is 0.247 e. The van der Waals surface area contributed by atoms with E-state index in [0.717, 1.165) is 24.9 Å². The molecule has 1 aromatic heterocycles. The first-order valence-electron chi connectivity index (χ1n) is 8.97. The zero-order chi connectivity index (χ0) is 19.4. The topological polar surface area (TPSA) is 48.0 Å². The minimum Gasteiger partial charge on any atom is -0.493 e. The van der Waals surface area contributed by atoms with Gasteiger partial charge in [0, 0.05) is 17.5 Å². The van der Waals surface area contributed by atoms with Crippen LogP contribution in [0.3, 0.4) is 0 Å². The molecule has 0 saturated heterocycles. The predicted molar refractivity (Wildman–Crippen MR) is 108 cm³/mol. The number of methoxy groups -OCH3 is 3. The number of thiophene rings is 1. The highest BCUT2D eigenvalue weighted by Gasteiger charge is 2.29. The molecule has 1 aliphatic heterocycles. The molecule has 0 fully saturated rings. The molecule has 6 heteroatoms. The van der Waals surface area contributed by atoms with E-state index in [1.807, 2.05) is 17.0 Å². The van der Waals surface area contributed by atoms with Crippen LogP contribution in [0.2, 0.25) is 0 Å². The first-order chi connectivity index (χ1) is 13.1. The number of nitrogens with zero attached hydrogens (tertiary/aromatic N) is 1. The Balaban J connectivity index is 1.83. The van der Waals surface area contributed by atoms with E-state index >= 15 is 0 Å². The average molecular weight is 388 g/mol. The summed E-state index contributed by atoms with van der Waals surface area (Å²) >= 11 is 1.78. The van der Waals surface area contributed by atoms with Crippen LogP contribution in [-0.4, -0.2) is 38.7 Å². The van der Waals surface area contributed by atoms with E-state index in [2.05, 4.69) is 18.4 Å². The molecule has 0 bridgehead atoms. The molecular formula is C21H25NO4S. The molecule has 27 heavy (non-hydrogen) atoms. The van der Waals surface area contributed by atoms with Crippen molar-refractivity contribution in [2.24, 2.45) is 0 Å². The normalized spacial score (nSPS) is 16.3. The van der Waals surface area contributed by atoms with E-state index in [0.29, 0.717) is 17.2 Å². The van der Waals surface area contributed by atoms with Crippen LogP contribution in [0.15, 0.2) is 29.7 Å². The van der Waals surface area contributed by atoms with Crippen molar-refractivity contribution >= 4 is 23.3 Å². The Labute approximate surface area is 164 Å². The molecule has 0 radical (unpaired) electrons. The van der Waals surface area contributed by atoms with Gasteiger partial charge in [-0.1, -0.05) is 6.92 Å². The van der Waals surface area contributed by atoms with Gasteiger partial charge in [0.2, 0.25) is 11.7 Å². The Morgan fingerprint density at radius 3 is 2.52 bits per heavy atom. The second kappa shape index (κ2) is 8.48. The Kier molecular flexibility index (Phi) is 6.06. The van der Waals surface area contributed by atoms with Crippen LogP contribution >= 0.6 is 11.3 Å². The maximum atomic E-state index is 12.9. The van der Waals surface area contributed by atoms with Gasteiger partial charge in [-0.3, -0.25) is 4.79 Å². The monoisotopic (exact) mass is 387 g/mol. The van der Waals surface area contributed by atoms with Crippen LogP contribution < -0.4 is 14.2 Å². The molecular weight excluding hydrogens is 362 g/mol. The number of hydrogen-bond donors (Lipinski definition) is 0. The molecule has 1 atom stereocenters. The second-order valence-corrected chi connectivity index (χ2v) is 7.30. The van der Waals surface area contributed by atoms with Gasteiger partial charge in [-0.05, 0) is 53.6 Å². The summed E-state index contributed by atoms with van der Waals surface area (Å²) in [6.07, 6.45) is 5.25. The number of hydrogen-bond acceptors (Lipinski definition) is 5. The van der Waals surface area contributed by atoms with Gasteiger partial charge >= 0.3 is 0 Å². The summed E-state index contributed by atoms with van der Waals surface area (Å²) in [5.74, 6) is 1.69.